The van der Waals surface area contributed by atoms with Crippen LogP contribution in [-0.2, 0) is 11.2 Å². The summed E-state index contributed by atoms with van der Waals surface area (Å²) in [6, 6.07) is 5.47. The van der Waals surface area contributed by atoms with Gasteiger partial charge < -0.3 is 35.7 Å². The van der Waals surface area contributed by atoms with Crippen LogP contribution in [0.2, 0.25) is 0 Å². The van der Waals surface area contributed by atoms with Crippen molar-refractivity contribution in [3.8, 4) is 11.5 Å². The number of rotatable bonds is 19. The van der Waals surface area contributed by atoms with E-state index in [2.05, 4.69) is 24.5 Å². The van der Waals surface area contributed by atoms with Gasteiger partial charge in [0.2, 0.25) is 0 Å². The number of ether oxygens (including phenoxy) is 3. The molecule has 1 fully saturated rings. The Hall–Kier alpha value is -2.62. The zero-order valence-electron chi connectivity index (χ0n) is 25.4. The number of benzene rings is 1. The van der Waals surface area contributed by atoms with Gasteiger partial charge in [-0.25, -0.2) is 0 Å². The molecule has 0 amide bonds. The van der Waals surface area contributed by atoms with Gasteiger partial charge in [0.05, 0.1) is 19.8 Å². The number of hydrogen-bond donors (Lipinski definition) is 4. The monoisotopic (exact) mass is 573 g/mol. The summed E-state index contributed by atoms with van der Waals surface area (Å²) in [7, 11) is 3.30. The van der Waals surface area contributed by atoms with Crippen LogP contribution in [0, 0.1) is 17.8 Å². The number of nitrogens with two attached hydrogens (primary N) is 1. The normalized spacial score (nSPS) is 16.5. The fourth-order valence-electron chi connectivity index (χ4n) is 5.71. The van der Waals surface area contributed by atoms with E-state index >= 15 is 0 Å². The molecule has 1 saturated carbocycles. The predicted octanol–water partition coefficient (Wildman–Crippen LogP) is 4.09. The highest BCUT2D eigenvalue weighted by Crippen LogP contribution is 2.31. The van der Waals surface area contributed by atoms with Gasteiger partial charge >= 0.3 is 0 Å². The number of methoxy groups -OCH3 is 2. The average molecular weight is 574 g/mol. The van der Waals surface area contributed by atoms with E-state index in [1.807, 2.05) is 18.2 Å². The van der Waals surface area contributed by atoms with Gasteiger partial charge in [-0.2, -0.15) is 0 Å². The van der Waals surface area contributed by atoms with Crippen LogP contribution in [0.5, 0.6) is 11.5 Å². The Morgan fingerprint density at radius 2 is 1.71 bits per heavy atom. The van der Waals surface area contributed by atoms with Crippen LogP contribution in [0.3, 0.4) is 0 Å². The smallest absolute Gasteiger partial charge is 0.253 e. The molecule has 0 unspecified atom stereocenters. The number of aliphatic hydroxyl groups excluding tert-OH is 1. The van der Waals surface area contributed by atoms with E-state index in [0.717, 1.165) is 24.8 Å². The molecular formula is C32H51N3O6. The van der Waals surface area contributed by atoms with Crippen molar-refractivity contribution in [2.45, 2.75) is 83.8 Å². The van der Waals surface area contributed by atoms with Gasteiger partial charge in [0.25, 0.3) is 10.9 Å². The SMILES string of the molecule is COCCCOc1cc(C[C@@H](C[C@H](N)[C@@H](O)CNc2c(NCCC3CCCCC3)c(=O)c2=O)C(C)C)ccc1OC. The lowest BCUT2D eigenvalue weighted by Gasteiger charge is -2.28. The molecule has 0 aromatic heterocycles. The molecule has 230 valence electrons. The van der Waals surface area contributed by atoms with Crippen molar-refractivity contribution in [1.29, 1.82) is 0 Å². The maximum atomic E-state index is 12.2. The molecule has 0 spiro atoms. The zero-order chi connectivity index (χ0) is 29.8. The second-order valence-electron chi connectivity index (χ2n) is 11.9. The first-order valence-corrected chi connectivity index (χ1v) is 15.3. The third-order valence-corrected chi connectivity index (χ3v) is 8.47. The van der Waals surface area contributed by atoms with Crippen LogP contribution in [0.15, 0.2) is 27.8 Å². The van der Waals surface area contributed by atoms with Gasteiger partial charge in [-0.3, -0.25) is 9.59 Å². The molecule has 0 aliphatic heterocycles. The van der Waals surface area contributed by atoms with E-state index in [4.69, 9.17) is 19.9 Å². The highest BCUT2D eigenvalue weighted by Gasteiger charge is 2.26. The summed E-state index contributed by atoms with van der Waals surface area (Å²) < 4.78 is 16.5. The minimum atomic E-state index is -0.869. The second kappa shape index (κ2) is 16.7. The average Bonchev–Trinajstić information content (AvgIpc) is 2.98. The van der Waals surface area contributed by atoms with Crippen LogP contribution in [0.4, 0.5) is 11.4 Å². The topological polar surface area (TPSA) is 132 Å². The number of aliphatic hydroxyl groups is 1. The molecule has 0 heterocycles. The Labute approximate surface area is 244 Å². The minimum Gasteiger partial charge on any atom is -0.493 e. The summed E-state index contributed by atoms with van der Waals surface area (Å²) in [6.07, 6.45) is 8.64. The Morgan fingerprint density at radius 1 is 1.00 bits per heavy atom. The van der Waals surface area contributed by atoms with E-state index in [1.54, 1.807) is 14.2 Å². The Balaban J connectivity index is 1.52. The third kappa shape index (κ3) is 9.72. The molecule has 0 saturated heterocycles. The van der Waals surface area contributed by atoms with Crippen LogP contribution >= 0.6 is 0 Å². The molecule has 3 atom stereocenters. The largest absolute Gasteiger partial charge is 0.493 e. The van der Waals surface area contributed by atoms with E-state index in [-0.39, 0.29) is 18.2 Å². The van der Waals surface area contributed by atoms with E-state index in [1.165, 1.54) is 32.1 Å². The van der Waals surface area contributed by atoms with Crippen molar-refractivity contribution in [2.75, 3.05) is 51.2 Å². The van der Waals surface area contributed by atoms with E-state index in [0.29, 0.717) is 55.2 Å². The Morgan fingerprint density at radius 3 is 2.37 bits per heavy atom. The fourth-order valence-corrected chi connectivity index (χ4v) is 5.71. The van der Waals surface area contributed by atoms with Gasteiger partial charge in [0.1, 0.15) is 11.4 Å². The Bertz CT molecular complexity index is 1120. The molecule has 1 aliphatic rings. The molecule has 41 heavy (non-hydrogen) atoms. The molecule has 2 aromatic carbocycles. The maximum absolute atomic E-state index is 12.2. The summed E-state index contributed by atoms with van der Waals surface area (Å²) in [5.74, 6) is 2.63. The molecule has 0 bridgehead atoms. The van der Waals surface area contributed by atoms with E-state index in [9.17, 15) is 14.7 Å². The molecule has 0 radical (unpaired) electrons. The van der Waals surface area contributed by atoms with E-state index < -0.39 is 23.0 Å². The summed E-state index contributed by atoms with van der Waals surface area (Å²) in [5.41, 5.74) is 7.14. The molecule has 9 heteroatoms. The molecular weight excluding hydrogens is 522 g/mol. The Kier molecular flexibility index (Phi) is 13.4. The number of anilines is 2. The highest BCUT2D eigenvalue weighted by molar-refractivity contribution is 5.73. The lowest BCUT2D eigenvalue weighted by atomic mass is 9.83. The fraction of sp³-hybridized carbons (Fsp3) is 0.688. The van der Waals surface area contributed by atoms with Gasteiger partial charge in [-0.05, 0) is 54.7 Å². The predicted molar refractivity (Wildman–Crippen MR) is 165 cm³/mol. The van der Waals surface area contributed by atoms with Crippen molar-refractivity contribution >= 4 is 11.4 Å². The summed E-state index contributed by atoms with van der Waals surface area (Å²) in [6.45, 7) is 6.26. The van der Waals surface area contributed by atoms with Crippen molar-refractivity contribution in [1.82, 2.24) is 0 Å². The first-order chi connectivity index (χ1) is 19.7. The molecule has 5 N–H and O–H groups in total. The van der Waals surface area contributed by atoms with Crippen LogP contribution in [-0.4, -0.2) is 57.8 Å². The summed E-state index contributed by atoms with van der Waals surface area (Å²) >= 11 is 0. The van der Waals surface area contributed by atoms with Crippen molar-refractivity contribution in [3.05, 3.63) is 44.2 Å². The molecule has 3 rings (SSSR count). The molecule has 2 aromatic rings. The standard InChI is InChI=1S/C32H51N3O6/c1-21(2)24(17-23-11-12-27(40-4)28(18-23)41-16-8-15-39-3)19-25(33)26(36)20-35-30-29(31(37)32(30)38)34-14-13-22-9-6-5-7-10-22/h11-12,18,21-22,24-26,34-36H,5-10,13-17,19-20,33H2,1-4H3/t24-,25-,26-/m0/s1. The van der Waals surface area contributed by atoms with Gasteiger partial charge in [0, 0.05) is 39.3 Å². The van der Waals surface area contributed by atoms with Gasteiger partial charge in [0.15, 0.2) is 11.5 Å². The molecule has 9 nitrogen and oxygen atoms in total. The van der Waals surface area contributed by atoms with Crippen LogP contribution in [0.25, 0.3) is 0 Å². The van der Waals surface area contributed by atoms with Crippen molar-refractivity contribution in [2.24, 2.45) is 23.5 Å². The lowest BCUT2D eigenvalue weighted by molar-refractivity contribution is 0.137. The summed E-state index contributed by atoms with van der Waals surface area (Å²) in [5, 5.41) is 17.0. The van der Waals surface area contributed by atoms with Gasteiger partial charge in [-0.15, -0.1) is 0 Å². The van der Waals surface area contributed by atoms with Crippen LogP contribution in [0.1, 0.15) is 70.8 Å². The minimum absolute atomic E-state index is 0.107. The van der Waals surface area contributed by atoms with Gasteiger partial charge in [-0.1, -0.05) is 52.0 Å². The number of nitrogens with one attached hydrogen (secondary N) is 2. The number of hydrogen-bond acceptors (Lipinski definition) is 9. The second-order valence-corrected chi connectivity index (χ2v) is 11.9. The first kappa shape index (κ1) is 32.9. The van der Waals surface area contributed by atoms with Crippen LogP contribution < -0.4 is 36.7 Å². The summed E-state index contributed by atoms with van der Waals surface area (Å²) in [4.78, 5) is 24.4. The lowest BCUT2D eigenvalue weighted by Crippen LogP contribution is -2.44. The maximum Gasteiger partial charge on any atom is 0.253 e. The quantitative estimate of drug-likeness (QED) is 0.145. The first-order valence-electron chi connectivity index (χ1n) is 15.3. The highest BCUT2D eigenvalue weighted by atomic mass is 16.5. The van der Waals surface area contributed by atoms with Crippen molar-refractivity contribution in [3.63, 3.8) is 0 Å². The van der Waals surface area contributed by atoms with Crippen molar-refractivity contribution < 1.29 is 19.3 Å². The molecule has 1 aliphatic carbocycles. The third-order valence-electron chi connectivity index (χ3n) is 8.47. The zero-order valence-corrected chi connectivity index (χ0v) is 25.4.